The van der Waals surface area contributed by atoms with E-state index in [2.05, 4.69) is 14.4 Å². The van der Waals surface area contributed by atoms with Gasteiger partial charge in [-0.2, -0.15) is 25.3 Å². The van der Waals surface area contributed by atoms with Gasteiger partial charge in [0.2, 0.25) is 0 Å². The van der Waals surface area contributed by atoms with Gasteiger partial charge in [-0.15, -0.1) is 10.2 Å². The Kier molecular flexibility index (Phi) is 7.73. The van der Waals surface area contributed by atoms with Gasteiger partial charge in [0.1, 0.15) is 22.0 Å². The summed E-state index contributed by atoms with van der Waals surface area (Å²) in [5, 5.41) is 17.9. The number of phenols is 1. The van der Waals surface area contributed by atoms with Gasteiger partial charge in [-0.05, 0) is 41.8 Å². The van der Waals surface area contributed by atoms with Crippen molar-refractivity contribution in [2.45, 2.75) is 14.7 Å². The molecule has 0 atom stereocenters. The van der Waals surface area contributed by atoms with E-state index in [9.17, 15) is 47.9 Å². The van der Waals surface area contributed by atoms with E-state index in [0.29, 0.717) is 12.1 Å². The molecule has 0 aromatic heterocycles. The number of benzene rings is 3. The lowest BCUT2D eigenvalue weighted by Gasteiger charge is -2.08. The van der Waals surface area contributed by atoms with Crippen LogP contribution in [0.2, 0.25) is 0 Å². The Morgan fingerprint density at radius 1 is 0.730 bits per heavy atom. The number of nitrogens with zero attached hydrogens (tertiary/aromatic N) is 2. The van der Waals surface area contributed by atoms with Crippen molar-refractivity contribution in [1.29, 1.82) is 0 Å². The van der Waals surface area contributed by atoms with Gasteiger partial charge >= 0.3 is 10.4 Å². The molecule has 0 spiro atoms. The third-order valence-electron chi connectivity index (χ3n) is 4.65. The molecule has 15 nitrogen and oxygen atoms in total. The summed E-state index contributed by atoms with van der Waals surface area (Å²) in [6.45, 7) is -0.965. The predicted octanol–water partition coefficient (Wildman–Crippen LogP) is 2.05. The Balaban J connectivity index is 2.11. The van der Waals surface area contributed by atoms with E-state index >= 15 is 0 Å². The quantitative estimate of drug-likeness (QED) is 0.204. The molecule has 0 aliphatic rings. The highest BCUT2D eigenvalue weighted by atomic mass is 32.3. The fourth-order valence-corrected chi connectivity index (χ4v) is 5.63. The van der Waals surface area contributed by atoms with E-state index in [1.165, 1.54) is 12.1 Å². The number of hydrogen-bond acceptors (Lipinski definition) is 12. The molecule has 0 fully saturated rings. The van der Waals surface area contributed by atoms with Crippen molar-refractivity contribution in [2.75, 3.05) is 12.4 Å². The van der Waals surface area contributed by atoms with E-state index < -0.39 is 79.0 Å². The van der Waals surface area contributed by atoms with Gasteiger partial charge in [-0.3, -0.25) is 13.7 Å². The van der Waals surface area contributed by atoms with Gasteiger partial charge in [0, 0.05) is 5.39 Å². The van der Waals surface area contributed by atoms with Crippen LogP contribution in [0.25, 0.3) is 10.8 Å². The zero-order valence-electron chi connectivity index (χ0n) is 18.0. The van der Waals surface area contributed by atoms with Crippen LogP contribution in [-0.2, 0) is 44.7 Å². The maximum absolute atomic E-state index is 12.5. The van der Waals surface area contributed by atoms with Crippen molar-refractivity contribution in [1.82, 2.24) is 0 Å². The first-order valence-electron chi connectivity index (χ1n) is 9.50. The highest BCUT2D eigenvalue weighted by molar-refractivity contribution is 7.91. The molecule has 19 heteroatoms. The van der Waals surface area contributed by atoms with Crippen LogP contribution in [-0.4, -0.2) is 64.8 Å². The lowest BCUT2D eigenvalue weighted by atomic mass is 10.1. The van der Waals surface area contributed by atoms with Gasteiger partial charge in [-0.1, -0.05) is 12.1 Å². The summed E-state index contributed by atoms with van der Waals surface area (Å²) in [5.74, 6) is -1.44. The Bertz CT molecular complexity index is 1850. The van der Waals surface area contributed by atoms with Crippen molar-refractivity contribution in [3.05, 3.63) is 48.5 Å². The first kappa shape index (κ1) is 28.5. The highest BCUT2D eigenvalue weighted by Crippen LogP contribution is 2.38. The first-order valence-corrected chi connectivity index (χ1v) is 15.4. The Morgan fingerprint density at radius 2 is 1.38 bits per heavy atom. The minimum absolute atomic E-state index is 0.107. The topological polar surface area (TPSA) is 251 Å². The normalized spacial score (nSPS) is 13.4. The molecule has 3 aromatic rings. The van der Waals surface area contributed by atoms with Crippen LogP contribution in [0.5, 0.6) is 5.75 Å². The smallest absolute Gasteiger partial charge is 0.397 e. The largest absolute Gasteiger partial charge is 0.506 e. The predicted molar refractivity (Wildman–Crippen MR) is 125 cm³/mol. The molecule has 0 amide bonds. The third-order valence-corrected chi connectivity index (χ3v) is 8.54. The van der Waals surface area contributed by atoms with Crippen LogP contribution in [0.3, 0.4) is 0 Å². The molecule has 37 heavy (non-hydrogen) atoms. The average molecular weight is 597 g/mol. The van der Waals surface area contributed by atoms with Gasteiger partial charge < -0.3 is 5.11 Å². The molecule has 0 aliphatic heterocycles. The second-order valence-corrected chi connectivity index (χ2v) is 13.2. The Hall–Kier alpha value is -3.04. The zero-order valence-corrected chi connectivity index (χ0v) is 21.3. The van der Waals surface area contributed by atoms with Crippen LogP contribution in [0.1, 0.15) is 0 Å². The Morgan fingerprint density at radius 3 is 1.97 bits per heavy atom. The van der Waals surface area contributed by atoms with E-state index in [4.69, 9.17) is 4.55 Å². The van der Waals surface area contributed by atoms with Crippen LogP contribution in [0.4, 0.5) is 11.4 Å². The molecule has 0 heterocycles. The third kappa shape index (κ3) is 7.05. The molecule has 3 aromatic carbocycles. The molecule has 0 radical (unpaired) electrons. The molecule has 3 rings (SSSR count). The molecule has 0 saturated heterocycles. The van der Waals surface area contributed by atoms with E-state index in [0.717, 1.165) is 24.3 Å². The van der Waals surface area contributed by atoms with Crippen molar-refractivity contribution in [2.24, 2.45) is 10.2 Å². The van der Waals surface area contributed by atoms with Gasteiger partial charge in [-0.25, -0.2) is 12.6 Å². The fourth-order valence-electron chi connectivity index (χ4n) is 3.00. The lowest BCUT2D eigenvalue weighted by Crippen LogP contribution is -2.15. The van der Waals surface area contributed by atoms with Gasteiger partial charge in [0.05, 0.1) is 22.2 Å². The number of rotatable bonds is 9. The Labute approximate surface area is 210 Å². The molecule has 200 valence electrons. The lowest BCUT2D eigenvalue weighted by molar-refractivity contribution is 0.284. The number of hydrogen-bond donors (Lipinski definition) is 4. The number of aromatic hydroxyl groups is 1. The monoisotopic (exact) mass is 596 g/mol. The molecule has 0 saturated carbocycles. The van der Waals surface area contributed by atoms with E-state index in [1.807, 2.05) is 0 Å². The summed E-state index contributed by atoms with van der Waals surface area (Å²) in [5.41, 5.74) is -0.985. The summed E-state index contributed by atoms with van der Waals surface area (Å²) in [6.07, 6.45) is 0. The van der Waals surface area contributed by atoms with Crippen molar-refractivity contribution >= 4 is 62.6 Å². The van der Waals surface area contributed by atoms with Crippen LogP contribution >= 0.6 is 0 Å². The fraction of sp³-hybridized carbons (Fsp3) is 0.111. The molecule has 0 unspecified atom stereocenters. The number of phenolic OH excluding ortho intramolecular Hbond substituents is 1. The number of sulfone groups is 1. The second kappa shape index (κ2) is 10.0. The first-order chi connectivity index (χ1) is 16.9. The average Bonchev–Trinajstić information content (AvgIpc) is 2.75. The van der Waals surface area contributed by atoms with Crippen LogP contribution in [0.15, 0.2) is 73.4 Å². The summed E-state index contributed by atoms with van der Waals surface area (Å²) in [6, 6.07) is 7.82. The van der Waals surface area contributed by atoms with Crippen LogP contribution < -0.4 is 0 Å². The summed E-state index contributed by atoms with van der Waals surface area (Å²) in [4.78, 5) is -1.90. The molecule has 0 bridgehead atoms. The van der Waals surface area contributed by atoms with Gasteiger partial charge in [0.15, 0.2) is 9.84 Å². The molecule has 0 aliphatic carbocycles. The van der Waals surface area contributed by atoms with Crippen molar-refractivity contribution in [3.63, 3.8) is 0 Å². The number of fused-ring (bicyclic) bond motifs is 1. The minimum Gasteiger partial charge on any atom is -0.506 e. The minimum atomic E-state index is -4.95. The summed E-state index contributed by atoms with van der Waals surface area (Å²) >= 11 is 0. The van der Waals surface area contributed by atoms with Crippen molar-refractivity contribution in [3.8, 4) is 5.75 Å². The molecular weight excluding hydrogens is 580 g/mol. The summed E-state index contributed by atoms with van der Waals surface area (Å²) < 4.78 is 124. The van der Waals surface area contributed by atoms with Crippen molar-refractivity contribution < 1.29 is 56.6 Å². The zero-order chi connectivity index (χ0) is 27.8. The van der Waals surface area contributed by atoms with Gasteiger partial charge in [0.25, 0.3) is 20.2 Å². The molecule has 4 N–H and O–H groups in total. The summed E-state index contributed by atoms with van der Waals surface area (Å²) in [7, 11) is -18.7. The maximum Gasteiger partial charge on any atom is 0.397 e. The highest BCUT2D eigenvalue weighted by Gasteiger charge is 2.22. The second-order valence-electron chi connectivity index (χ2n) is 7.16. The van der Waals surface area contributed by atoms with E-state index in [1.54, 1.807) is 0 Å². The SMILES string of the molecule is O=S(=O)(O)OCCS(=O)(=O)c1ccc(S(=O)(=O)O)c(/N=N/c2c(O)ccc3cc(S(=O)(=O)O)ccc23)c1. The molecular formula is C18H16N2O13S4. The maximum atomic E-state index is 12.5. The standard InChI is InChI=1S/C18H16N2O13S4/c21-16-5-1-11-9-13(35(24,25)26)2-4-14(11)18(16)20-19-15-10-12(3-6-17(15)36(27,28)29)34(22,23)8-7-33-37(30,31)32/h1-6,9-10,21H,7-8H2,(H,24,25,26)(H,27,28,29)(H,30,31,32)/b20-19+. The number of azo groups is 1. The van der Waals surface area contributed by atoms with Crippen LogP contribution in [0, 0.1) is 0 Å². The van der Waals surface area contributed by atoms with E-state index in [-0.39, 0.29) is 16.5 Å².